The third-order valence-electron chi connectivity index (χ3n) is 2.03. The van der Waals surface area contributed by atoms with Crippen LogP contribution in [0.3, 0.4) is 0 Å². The molecule has 0 atom stereocenters. The van der Waals surface area contributed by atoms with Crippen LogP contribution in [-0.4, -0.2) is 21.1 Å². The summed E-state index contributed by atoms with van der Waals surface area (Å²) in [4.78, 5) is 0.846. The summed E-state index contributed by atoms with van der Waals surface area (Å²) in [6.07, 6.45) is 5.19. The first kappa shape index (κ1) is 9.92. The van der Waals surface area contributed by atoms with Crippen LogP contribution in [0.25, 0.3) is 5.69 Å². The van der Waals surface area contributed by atoms with Crippen LogP contribution in [0.4, 0.5) is 5.69 Å². The number of aromatic hydroxyl groups is 1. The summed E-state index contributed by atoms with van der Waals surface area (Å²) in [5.41, 5.74) is 6.95. The molecule has 0 saturated heterocycles. The van der Waals surface area contributed by atoms with Gasteiger partial charge in [-0.1, -0.05) is 0 Å². The van der Waals surface area contributed by atoms with E-state index < -0.39 is 0 Å². The van der Waals surface area contributed by atoms with Crippen LogP contribution >= 0.6 is 11.8 Å². The maximum absolute atomic E-state index is 9.67. The van der Waals surface area contributed by atoms with Crippen molar-refractivity contribution in [3.63, 3.8) is 0 Å². The molecule has 1 heterocycles. The average molecular weight is 221 g/mol. The highest BCUT2D eigenvalue weighted by atomic mass is 32.2. The molecule has 2 rings (SSSR count). The second kappa shape index (κ2) is 3.86. The molecule has 78 valence electrons. The first-order valence-corrected chi connectivity index (χ1v) is 5.60. The number of phenolic OH excluding ortho intramolecular Hbond substituents is 1. The van der Waals surface area contributed by atoms with Crippen LogP contribution in [0.2, 0.25) is 0 Å². The fourth-order valence-electron chi connectivity index (χ4n) is 1.30. The molecular formula is C10H11N3OS. The molecule has 0 aliphatic carbocycles. The van der Waals surface area contributed by atoms with Crippen LogP contribution < -0.4 is 5.73 Å². The molecular weight excluding hydrogens is 210 g/mol. The van der Waals surface area contributed by atoms with Crippen molar-refractivity contribution >= 4 is 17.4 Å². The standard InChI is InChI=1S/C10H11N3OS/c1-15-10-3-2-8(4-9(10)14)13-6-7(11)5-12-13/h2-6,14H,11H2,1H3. The number of anilines is 1. The van der Waals surface area contributed by atoms with Crippen molar-refractivity contribution in [3.05, 3.63) is 30.6 Å². The normalized spacial score (nSPS) is 10.5. The summed E-state index contributed by atoms with van der Waals surface area (Å²) in [6.45, 7) is 0. The number of nitrogens with two attached hydrogens (primary N) is 1. The number of hydrogen-bond acceptors (Lipinski definition) is 4. The minimum atomic E-state index is 0.258. The van der Waals surface area contributed by atoms with E-state index in [0.717, 1.165) is 10.6 Å². The molecule has 3 N–H and O–H groups in total. The molecule has 0 aliphatic rings. The predicted molar refractivity (Wildman–Crippen MR) is 61.4 cm³/mol. The van der Waals surface area contributed by atoms with Gasteiger partial charge in [0.25, 0.3) is 0 Å². The van der Waals surface area contributed by atoms with E-state index in [9.17, 15) is 5.11 Å². The molecule has 0 amide bonds. The highest BCUT2D eigenvalue weighted by Crippen LogP contribution is 2.28. The van der Waals surface area contributed by atoms with Gasteiger partial charge in [-0.3, -0.25) is 0 Å². The fourth-order valence-corrected chi connectivity index (χ4v) is 1.77. The molecule has 0 radical (unpaired) electrons. The molecule has 0 unspecified atom stereocenters. The summed E-state index contributed by atoms with van der Waals surface area (Å²) in [5.74, 6) is 0.258. The van der Waals surface area contributed by atoms with Crippen molar-refractivity contribution in [2.75, 3.05) is 12.0 Å². The largest absolute Gasteiger partial charge is 0.507 e. The summed E-state index contributed by atoms with van der Waals surface area (Å²) in [5, 5.41) is 13.7. The molecule has 0 aliphatic heterocycles. The zero-order valence-electron chi connectivity index (χ0n) is 8.21. The molecule has 1 aromatic heterocycles. The Morgan fingerprint density at radius 3 is 2.80 bits per heavy atom. The molecule has 0 fully saturated rings. The van der Waals surface area contributed by atoms with E-state index in [4.69, 9.17) is 5.73 Å². The zero-order chi connectivity index (χ0) is 10.8. The molecule has 15 heavy (non-hydrogen) atoms. The van der Waals surface area contributed by atoms with E-state index in [1.165, 1.54) is 11.8 Å². The molecule has 0 bridgehead atoms. The topological polar surface area (TPSA) is 64.1 Å². The monoisotopic (exact) mass is 221 g/mol. The van der Waals surface area contributed by atoms with E-state index in [2.05, 4.69) is 5.10 Å². The Morgan fingerprint density at radius 2 is 2.27 bits per heavy atom. The van der Waals surface area contributed by atoms with Gasteiger partial charge in [0.05, 0.1) is 23.8 Å². The summed E-state index contributed by atoms with van der Waals surface area (Å²) in [6, 6.07) is 5.41. The fraction of sp³-hybridized carbons (Fsp3) is 0.100. The maximum Gasteiger partial charge on any atom is 0.131 e. The molecule has 5 heteroatoms. The Kier molecular flexibility index (Phi) is 2.55. The Bertz CT molecular complexity index is 481. The number of nitrogen functional groups attached to an aromatic ring is 1. The molecule has 4 nitrogen and oxygen atoms in total. The minimum Gasteiger partial charge on any atom is -0.507 e. The third kappa shape index (κ3) is 1.92. The van der Waals surface area contributed by atoms with Gasteiger partial charge in [0.15, 0.2) is 0 Å². The highest BCUT2D eigenvalue weighted by molar-refractivity contribution is 7.98. The van der Waals surface area contributed by atoms with Crippen LogP contribution in [0, 0.1) is 0 Å². The van der Waals surface area contributed by atoms with Gasteiger partial charge in [-0.15, -0.1) is 11.8 Å². The molecule has 0 saturated carbocycles. The molecule has 1 aromatic carbocycles. The maximum atomic E-state index is 9.67. The van der Waals surface area contributed by atoms with Gasteiger partial charge >= 0.3 is 0 Å². The number of nitrogens with zero attached hydrogens (tertiary/aromatic N) is 2. The van der Waals surface area contributed by atoms with Crippen LogP contribution in [0.5, 0.6) is 5.75 Å². The summed E-state index contributed by atoms with van der Waals surface area (Å²) < 4.78 is 1.62. The van der Waals surface area contributed by atoms with Gasteiger partial charge in [0, 0.05) is 11.0 Å². The lowest BCUT2D eigenvalue weighted by atomic mass is 10.3. The summed E-state index contributed by atoms with van der Waals surface area (Å²) in [7, 11) is 0. The zero-order valence-corrected chi connectivity index (χ0v) is 9.03. The number of rotatable bonds is 2. The van der Waals surface area contributed by atoms with Gasteiger partial charge < -0.3 is 10.8 Å². The average Bonchev–Trinajstić information content (AvgIpc) is 2.65. The quantitative estimate of drug-likeness (QED) is 0.760. The Morgan fingerprint density at radius 1 is 1.47 bits per heavy atom. The van der Waals surface area contributed by atoms with E-state index >= 15 is 0 Å². The van der Waals surface area contributed by atoms with Gasteiger partial charge in [-0.2, -0.15) is 5.10 Å². The molecule has 0 spiro atoms. The van der Waals surface area contributed by atoms with Gasteiger partial charge in [0.2, 0.25) is 0 Å². The molecule has 2 aromatic rings. The second-order valence-corrected chi connectivity index (χ2v) is 3.92. The summed E-state index contributed by atoms with van der Waals surface area (Å²) >= 11 is 1.50. The van der Waals surface area contributed by atoms with E-state index in [1.807, 2.05) is 18.4 Å². The van der Waals surface area contributed by atoms with Crippen molar-refractivity contribution in [2.24, 2.45) is 0 Å². The first-order valence-electron chi connectivity index (χ1n) is 4.38. The van der Waals surface area contributed by atoms with Crippen molar-refractivity contribution in [3.8, 4) is 11.4 Å². The van der Waals surface area contributed by atoms with Crippen molar-refractivity contribution in [1.29, 1.82) is 0 Å². The Balaban J connectivity index is 2.42. The SMILES string of the molecule is CSc1ccc(-n2cc(N)cn2)cc1O. The van der Waals surface area contributed by atoms with E-state index in [-0.39, 0.29) is 5.75 Å². The smallest absolute Gasteiger partial charge is 0.131 e. The second-order valence-electron chi connectivity index (χ2n) is 3.07. The Hall–Kier alpha value is -1.62. The highest BCUT2D eigenvalue weighted by Gasteiger charge is 2.03. The Labute approximate surface area is 91.7 Å². The van der Waals surface area contributed by atoms with Crippen LogP contribution in [0.15, 0.2) is 35.5 Å². The first-order chi connectivity index (χ1) is 7.20. The van der Waals surface area contributed by atoms with Crippen LogP contribution in [0.1, 0.15) is 0 Å². The number of aromatic nitrogens is 2. The van der Waals surface area contributed by atoms with Crippen molar-refractivity contribution in [2.45, 2.75) is 4.90 Å². The van der Waals surface area contributed by atoms with Crippen LogP contribution in [-0.2, 0) is 0 Å². The third-order valence-corrected chi connectivity index (χ3v) is 2.81. The van der Waals surface area contributed by atoms with Gasteiger partial charge in [-0.25, -0.2) is 4.68 Å². The lowest BCUT2D eigenvalue weighted by Gasteiger charge is -2.04. The number of phenols is 1. The predicted octanol–water partition coefficient (Wildman–Crippen LogP) is 1.88. The van der Waals surface area contributed by atoms with Crippen molar-refractivity contribution < 1.29 is 5.11 Å². The number of thioether (sulfide) groups is 1. The van der Waals surface area contributed by atoms with Gasteiger partial charge in [0.1, 0.15) is 5.75 Å². The lowest BCUT2D eigenvalue weighted by Crippen LogP contribution is -1.93. The number of hydrogen-bond donors (Lipinski definition) is 2. The number of benzene rings is 1. The van der Waals surface area contributed by atoms with Gasteiger partial charge in [-0.05, 0) is 18.4 Å². The lowest BCUT2D eigenvalue weighted by molar-refractivity contribution is 0.462. The van der Waals surface area contributed by atoms with E-state index in [1.54, 1.807) is 23.1 Å². The van der Waals surface area contributed by atoms with Crippen molar-refractivity contribution in [1.82, 2.24) is 9.78 Å². The van der Waals surface area contributed by atoms with E-state index in [0.29, 0.717) is 5.69 Å². The minimum absolute atomic E-state index is 0.258.